The third-order valence-electron chi connectivity index (χ3n) is 3.19. The van der Waals surface area contributed by atoms with Crippen molar-refractivity contribution in [2.24, 2.45) is 0 Å². The summed E-state index contributed by atoms with van der Waals surface area (Å²) in [7, 11) is -4.25. The number of urea groups is 1. The van der Waals surface area contributed by atoms with Crippen LogP contribution >= 0.6 is 11.6 Å². The van der Waals surface area contributed by atoms with E-state index in [0.29, 0.717) is 6.42 Å². The molecule has 0 saturated carbocycles. The number of nitrogens with zero attached hydrogens (tertiary/aromatic N) is 1. The number of halogens is 1. The summed E-state index contributed by atoms with van der Waals surface area (Å²) in [6.45, 7) is 0.228. The van der Waals surface area contributed by atoms with E-state index in [0.717, 1.165) is 23.8 Å². The molecular weight excluding hydrogens is 370 g/mol. The summed E-state index contributed by atoms with van der Waals surface area (Å²) in [5.74, 6) is 0. The fourth-order valence-corrected chi connectivity index (χ4v) is 3.12. The monoisotopic (exact) mass is 383 g/mol. The maximum Gasteiger partial charge on any atom is 0.328 e. The number of carbonyl (C=O) groups is 1. The molecule has 0 bridgehead atoms. The van der Waals surface area contributed by atoms with Crippen LogP contribution in [0.25, 0.3) is 0 Å². The second-order valence-electron chi connectivity index (χ2n) is 4.97. The Morgan fingerprint density at radius 1 is 1.16 bits per heavy atom. The van der Waals surface area contributed by atoms with Crippen LogP contribution in [0.5, 0.6) is 0 Å². The zero-order valence-electron chi connectivity index (χ0n) is 12.8. The van der Waals surface area contributed by atoms with Crippen molar-refractivity contribution >= 4 is 33.3 Å². The van der Waals surface area contributed by atoms with Crippen LogP contribution in [-0.4, -0.2) is 25.9 Å². The Balaban J connectivity index is 1.99. The number of hydrogen-bond donors (Lipinski definition) is 2. The predicted molar refractivity (Wildman–Crippen MR) is 92.0 cm³/mol. The Kier molecular flexibility index (Phi) is 5.94. The van der Waals surface area contributed by atoms with Crippen molar-refractivity contribution in [2.75, 3.05) is 6.54 Å². The number of carbonyl (C=O) groups excluding carboxylic acids is 1. The number of benzene rings is 2. The van der Waals surface area contributed by atoms with Gasteiger partial charge in [-0.3, -0.25) is 10.1 Å². The second kappa shape index (κ2) is 7.95. The first-order chi connectivity index (χ1) is 11.8. The molecule has 2 aromatic rings. The number of nitrogens with one attached hydrogen (secondary N) is 2. The first-order valence-electron chi connectivity index (χ1n) is 7.08. The van der Waals surface area contributed by atoms with Crippen LogP contribution in [0.4, 0.5) is 10.5 Å². The quantitative estimate of drug-likeness (QED) is 0.586. The molecule has 0 aliphatic carbocycles. The van der Waals surface area contributed by atoms with Gasteiger partial charge >= 0.3 is 6.03 Å². The minimum atomic E-state index is -4.25. The van der Waals surface area contributed by atoms with Crippen LogP contribution in [0.2, 0.25) is 5.02 Å². The summed E-state index contributed by atoms with van der Waals surface area (Å²) in [5.41, 5.74) is 0.424. The van der Waals surface area contributed by atoms with Gasteiger partial charge in [-0.05, 0) is 24.1 Å². The van der Waals surface area contributed by atoms with Gasteiger partial charge < -0.3 is 5.32 Å². The minimum absolute atomic E-state index is 0.198. The molecule has 10 heteroatoms. The Morgan fingerprint density at radius 3 is 2.48 bits per heavy atom. The minimum Gasteiger partial charge on any atom is -0.337 e. The Hall–Kier alpha value is -2.65. The van der Waals surface area contributed by atoms with Gasteiger partial charge in [-0.25, -0.2) is 17.9 Å². The number of nitro groups is 1. The van der Waals surface area contributed by atoms with E-state index in [1.165, 1.54) is 0 Å². The van der Waals surface area contributed by atoms with Crippen LogP contribution in [0, 0.1) is 10.1 Å². The predicted octanol–water partition coefficient (Wildman–Crippen LogP) is 2.48. The highest BCUT2D eigenvalue weighted by Crippen LogP contribution is 2.26. The lowest BCUT2D eigenvalue weighted by Gasteiger charge is -2.09. The summed E-state index contributed by atoms with van der Waals surface area (Å²) in [5, 5.41) is 13.0. The lowest BCUT2D eigenvalue weighted by atomic mass is 10.1. The highest BCUT2D eigenvalue weighted by molar-refractivity contribution is 7.90. The van der Waals surface area contributed by atoms with Gasteiger partial charge in [0.05, 0.1) is 9.82 Å². The average molecular weight is 384 g/mol. The molecule has 0 aromatic heterocycles. The van der Waals surface area contributed by atoms with Gasteiger partial charge in [0.1, 0.15) is 5.02 Å². The van der Waals surface area contributed by atoms with Gasteiger partial charge in [0, 0.05) is 12.6 Å². The molecule has 25 heavy (non-hydrogen) atoms. The summed E-state index contributed by atoms with van der Waals surface area (Å²) < 4.78 is 26.0. The number of amides is 2. The van der Waals surface area contributed by atoms with Gasteiger partial charge in [-0.15, -0.1) is 0 Å². The van der Waals surface area contributed by atoms with Crippen molar-refractivity contribution in [1.29, 1.82) is 0 Å². The summed E-state index contributed by atoms with van der Waals surface area (Å²) in [6.07, 6.45) is 0.528. The molecule has 2 N–H and O–H groups in total. The lowest BCUT2D eigenvalue weighted by Crippen LogP contribution is -2.40. The first kappa shape index (κ1) is 18.7. The molecule has 0 heterocycles. The molecule has 0 radical (unpaired) electrons. The largest absolute Gasteiger partial charge is 0.337 e. The van der Waals surface area contributed by atoms with Crippen molar-refractivity contribution in [3.8, 4) is 0 Å². The fraction of sp³-hybridized carbons (Fsp3) is 0.133. The van der Waals surface area contributed by atoms with Crippen molar-refractivity contribution < 1.29 is 18.1 Å². The molecule has 2 aromatic carbocycles. The van der Waals surface area contributed by atoms with E-state index in [9.17, 15) is 23.3 Å². The molecule has 0 unspecified atom stereocenters. The van der Waals surface area contributed by atoms with E-state index in [1.807, 2.05) is 30.3 Å². The standard InChI is InChI=1S/C15H14ClN3O5S/c16-13-7-6-12(10-14(13)19(21)22)25(23,24)18-15(20)17-9-8-11-4-2-1-3-5-11/h1-7,10H,8-9H2,(H2,17,18,20). The van der Waals surface area contributed by atoms with Crippen LogP contribution in [0.15, 0.2) is 53.4 Å². The SMILES string of the molecule is O=C(NCCc1ccccc1)NS(=O)(=O)c1ccc(Cl)c([N+](=O)[O-])c1. The number of rotatable bonds is 6. The maximum absolute atomic E-state index is 12.1. The Labute approximate surface area is 149 Å². The number of sulfonamides is 1. The third-order valence-corrected chi connectivity index (χ3v) is 4.84. The normalized spacial score (nSPS) is 10.9. The summed E-state index contributed by atoms with van der Waals surface area (Å²) in [6, 6.07) is 11.4. The van der Waals surface area contributed by atoms with E-state index in [-0.39, 0.29) is 11.6 Å². The summed E-state index contributed by atoms with van der Waals surface area (Å²) >= 11 is 5.64. The van der Waals surface area contributed by atoms with Crippen LogP contribution in [0.3, 0.4) is 0 Å². The molecule has 2 rings (SSSR count). The first-order valence-corrected chi connectivity index (χ1v) is 8.94. The van der Waals surface area contributed by atoms with Crippen molar-refractivity contribution in [3.63, 3.8) is 0 Å². The van der Waals surface area contributed by atoms with E-state index < -0.39 is 31.6 Å². The van der Waals surface area contributed by atoms with E-state index in [1.54, 1.807) is 4.72 Å². The highest BCUT2D eigenvalue weighted by atomic mass is 35.5. The average Bonchev–Trinajstić information content (AvgIpc) is 2.55. The Bertz CT molecular complexity index is 887. The third kappa shape index (κ3) is 5.16. The maximum atomic E-state index is 12.1. The van der Waals surface area contributed by atoms with E-state index in [2.05, 4.69) is 5.32 Å². The molecule has 0 spiro atoms. The van der Waals surface area contributed by atoms with Gasteiger partial charge in [-0.2, -0.15) is 0 Å². The van der Waals surface area contributed by atoms with E-state index >= 15 is 0 Å². The fourth-order valence-electron chi connectivity index (χ4n) is 1.98. The zero-order chi connectivity index (χ0) is 18.4. The highest BCUT2D eigenvalue weighted by Gasteiger charge is 2.22. The number of hydrogen-bond acceptors (Lipinski definition) is 5. The Morgan fingerprint density at radius 2 is 1.84 bits per heavy atom. The van der Waals surface area contributed by atoms with Gasteiger partial charge in [-0.1, -0.05) is 41.9 Å². The smallest absolute Gasteiger partial charge is 0.328 e. The van der Waals surface area contributed by atoms with Crippen LogP contribution in [-0.2, 0) is 16.4 Å². The zero-order valence-corrected chi connectivity index (χ0v) is 14.4. The van der Waals surface area contributed by atoms with E-state index in [4.69, 9.17) is 11.6 Å². The molecule has 0 aliphatic heterocycles. The van der Waals surface area contributed by atoms with Gasteiger partial charge in [0.2, 0.25) is 0 Å². The van der Waals surface area contributed by atoms with Gasteiger partial charge in [0.15, 0.2) is 0 Å². The van der Waals surface area contributed by atoms with Crippen molar-refractivity contribution in [2.45, 2.75) is 11.3 Å². The summed E-state index contributed by atoms with van der Waals surface area (Å²) in [4.78, 5) is 21.3. The van der Waals surface area contributed by atoms with Gasteiger partial charge in [0.25, 0.3) is 15.7 Å². The van der Waals surface area contributed by atoms with Crippen LogP contribution < -0.4 is 10.0 Å². The number of nitro benzene ring substituents is 1. The molecule has 8 nitrogen and oxygen atoms in total. The van der Waals surface area contributed by atoms with Crippen molar-refractivity contribution in [1.82, 2.24) is 10.0 Å². The molecule has 0 atom stereocenters. The topological polar surface area (TPSA) is 118 Å². The molecule has 132 valence electrons. The molecule has 0 fully saturated rings. The molecular formula is C15H14ClN3O5S. The lowest BCUT2D eigenvalue weighted by molar-refractivity contribution is -0.384. The second-order valence-corrected chi connectivity index (χ2v) is 7.06. The van der Waals surface area contributed by atoms with Crippen LogP contribution in [0.1, 0.15) is 5.56 Å². The van der Waals surface area contributed by atoms with Crippen molar-refractivity contribution in [3.05, 3.63) is 69.2 Å². The molecule has 0 saturated heterocycles. The molecule has 2 amide bonds. The molecule has 0 aliphatic rings.